The predicted octanol–water partition coefficient (Wildman–Crippen LogP) is 5.66. The summed E-state index contributed by atoms with van der Waals surface area (Å²) in [5, 5.41) is 4.57. The lowest BCUT2D eigenvalue weighted by Gasteiger charge is -2.22. The first kappa shape index (κ1) is 25.9. The highest BCUT2D eigenvalue weighted by Gasteiger charge is 2.29. The minimum absolute atomic E-state index is 0.0368. The fraction of sp³-hybridized carbons (Fsp3) is 0.357. The maximum Gasteiger partial charge on any atom is 0.258 e. The summed E-state index contributed by atoms with van der Waals surface area (Å²) in [6, 6.07) is 15.3. The Morgan fingerprint density at radius 3 is 2.19 bits per heavy atom. The third kappa shape index (κ3) is 4.75. The zero-order chi connectivity index (χ0) is 25.9. The van der Waals surface area contributed by atoms with Gasteiger partial charge in [-0.2, -0.15) is 4.31 Å². The Balaban J connectivity index is 1.57. The standard InChI is InChI=1S/C28H33N3O4S/c1-4-7-18-30(19-8-5-2)36(34,35)21-14-12-20(13-15-21)27(32)29-24-16-17-25-26-22(24)10-9-11-23(26)28(33)31(25)6-3/h9-17H,4-8,18-19H2,1-3H3,(H,29,32). The molecular formula is C28H33N3O4S. The van der Waals surface area contributed by atoms with E-state index < -0.39 is 10.0 Å². The first-order valence-corrected chi connectivity index (χ1v) is 14.1. The van der Waals surface area contributed by atoms with Gasteiger partial charge in [0.1, 0.15) is 0 Å². The third-order valence-corrected chi connectivity index (χ3v) is 8.54. The highest BCUT2D eigenvalue weighted by atomic mass is 32.2. The van der Waals surface area contributed by atoms with Crippen molar-refractivity contribution in [1.29, 1.82) is 0 Å². The van der Waals surface area contributed by atoms with Crippen molar-refractivity contribution in [2.75, 3.05) is 29.9 Å². The van der Waals surface area contributed by atoms with Crippen LogP contribution in [-0.4, -0.2) is 44.2 Å². The van der Waals surface area contributed by atoms with Gasteiger partial charge in [-0.15, -0.1) is 0 Å². The van der Waals surface area contributed by atoms with Gasteiger partial charge in [0, 0.05) is 47.2 Å². The van der Waals surface area contributed by atoms with E-state index in [-0.39, 0.29) is 16.7 Å². The number of hydrogen-bond acceptors (Lipinski definition) is 4. The zero-order valence-electron chi connectivity index (χ0n) is 21.1. The van der Waals surface area contributed by atoms with Crippen LogP contribution in [0.15, 0.2) is 59.5 Å². The average Bonchev–Trinajstić information content (AvgIpc) is 3.17. The molecule has 0 unspecified atom stereocenters. The molecule has 1 aliphatic heterocycles. The SMILES string of the molecule is CCCCN(CCCC)S(=O)(=O)c1ccc(C(=O)Nc2ccc3c4c(cccc24)C(=O)N3CC)cc1. The lowest BCUT2D eigenvalue weighted by Crippen LogP contribution is -2.33. The quantitative estimate of drug-likeness (QED) is 0.363. The molecule has 190 valence electrons. The first-order valence-electron chi connectivity index (χ1n) is 12.6. The number of nitrogens with one attached hydrogen (secondary N) is 1. The molecule has 0 atom stereocenters. The smallest absolute Gasteiger partial charge is 0.258 e. The van der Waals surface area contributed by atoms with Crippen molar-refractivity contribution in [3.05, 3.63) is 65.7 Å². The fourth-order valence-corrected chi connectivity index (χ4v) is 6.13. The van der Waals surface area contributed by atoms with Crippen molar-refractivity contribution in [3.63, 3.8) is 0 Å². The van der Waals surface area contributed by atoms with Gasteiger partial charge in [0.2, 0.25) is 10.0 Å². The molecule has 0 spiro atoms. The Morgan fingerprint density at radius 2 is 1.58 bits per heavy atom. The topological polar surface area (TPSA) is 86.8 Å². The van der Waals surface area contributed by atoms with Crippen molar-refractivity contribution in [2.24, 2.45) is 0 Å². The summed E-state index contributed by atoms with van der Waals surface area (Å²) in [5.41, 5.74) is 2.44. The van der Waals surface area contributed by atoms with Crippen LogP contribution < -0.4 is 10.2 Å². The molecule has 7 nitrogen and oxygen atoms in total. The zero-order valence-corrected chi connectivity index (χ0v) is 21.9. The number of sulfonamides is 1. The van der Waals surface area contributed by atoms with Crippen molar-refractivity contribution < 1.29 is 18.0 Å². The second-order valence-electron chi connectivity index (χ2n) is 9.00. The van der Waals surface area contributed by atoms with Crippen LogP contribution in [0.4, 0.5) is 11.4 Å². The molecule has 0 aliphatic carbocycles. The van der Waals surface area contributed by atoms with Gasteiger partial charge in [0.25, 0.3) is 11.8 Å². The van der Waals surface area contributed by atoms with Crippen molar-refractivity contribution in [3.8, 4) is 0 Å². The molecule has 0 saturated heterocycles. The fourth-order valence-electron chi connectivity index (χ4n) is 4.61. The third-order valence-electron chi connectivity index (χ3n) is 6.63. The van der Waals surface area contributed by atoms with E-state index in [2.05, 4.69) is 5.32 Å². The van der Waals surface area contributed by atoms with E-state index in [1.54, 1.807) is 33.5 Å². The van der Waals surface area contributed by atoms with Crippen molar-refractivity contribution >= 4 is 44.0 Å². The summed E-state index contributed by atoms with van der Waals surface area (Å²) >= 11 is 0. The lowest BCUT2D eigenvalue weighted by atomic mass is 10.0. The summed E-state index contributed by atoms with van der Waals surface area (Å²) in [4.78, 5) is 27.7. The van der Waals surface area contributed by atoms with E-state index in [0.29, 0.717) is 36.4 Å². The van der Waals surface area contributed by atoms with Crippen LogP contribution >= 0.6 is 0 Å². The number of carbonyl (C=O) groups is 2. The molecule has 3 aromatic carbocycles. The van der Waals surface area contributed by atoms with E-state index in [9.17, 15) is 18.0 Å². The monoisotopic (exact) mass is 507 g/mol. The summed E-state index contributed by atoms with van der Waals surface area (Å²) in [6.45, 7) is 7.56. The van der Waals surface area contributed by atoms with Crippen LogP contribution in [0.3, 0.4) is 0 Å². The minimum atomic E-state index is -3.63. The molecule has 0 fully saturated rings. The van der Waals surface area contributed by atoms with Gasteiger partial charge in [0.05, 0.1) is 10.6 Å². The Bertz CT molecular complexity index is 1380. The molecule has 3 aromatic rings. The van der Waals surface area contributed by atoms with E-state index in [0.717, 1.165) is 42.1 Å². The van der Waals surface area contributed by atoms with E-state index in [4.69, 9.17) is 0 Å². The minimum Gasteiger partial charge on any atom is -0.321 e. The molecule has 0 aromatic heterocycles. The van der Waals surface area contributed by atoms with E-state index >= 15 is 0 Å². The number of hydrogen-bond donors (Lipinski definition) is 1. The number of amides is 2. The van der Waals surface area contributed by atoms with Crippen LogP contribution in [0.2, 0.25) is 0 Å². The normalized spacial score (nSPS) is 13.1. The molecule has 1 N–H and O–H groups in total. The summed E-state index contributed by atoms with van der Waals surface area (Å²) in [5.74, 6) is -0.379. The number of carbonyl (C=O) groups excluding carboxylic acids is 2. The Kier molecular flexibility index (Phi) is 7.76. The second kappa shape index (κ2) is 10.8. The van der Waals surface area contributed by atoms with Gasteiger partial charge < -0.3 is 10.2 Å². The van der Waals surface area contributed by atoms with Crippen LogP contribution in [0.5, 0.6) is 0 Å². The maximum absolute atomic E-state index is 13.2. The molecule has 0 saturated carbocycles. The van der Waals surface area contributed by atoms with Crippen molar-refractivity contribution in [2.45, 2.75) is 51.3 Å². The van der Waals surface area contributed by atoms with Gasteiger partial charge in [-0.3, -0.25) is 9.59 Å². The number of benzene rings is 3. The first-order chi connectivity index (χ1) is 17.3. The van der Waals surface area contributed by atoms with Gasteiger partial charge in [-0.25, -0.2) is 8.42 Å². The van der Waals surface area contributed by atoms with Crippen molar-refractivity contribution in [1.82, 2.24) is 4.31 Å². The molecule has 2 amide bonds. The summed E-state index contributed by atoms with van der Waals surface area (Å²) in [7, 11) is -3.63. The van der Waals surface area contributed by atoms with Crippen LogP contribution in [0.1, 0.15) is 67.2 Å². The molecule has 8 heteroatoms. The number of unbranched alkanes of at least 4 members (excludes halogenated alkanes) is 2. The van der Waals surface area contributed by atoms with Crippen LogP contribution in [0, 0.1) is 0 Å². The van der Waals surface area contributed by atoms with E-state index in [1.807, 2.05) is 39.0 Å². The lowest BCUT2D eigenvalue weighted by molar-refractivity contribution is 0.0992. The highest BCUT2D eigenvalue weighted by Crippen LogP contribution is 2.40. The second-order valence-corrected chi connectivity index (χ2v) is 10.9. The van der Waals surface area contributed by atoms with Gasteiger partial charge in [-0.1, -0.05) is 38.8 Å². The molecular weight excluding hydrogens is 474 g/mol. The van der Waals surface area contributed by atoms with Gasteiger partial charge in [-0.05, 0) is 62.2 Å². The summed E-state index contributed by atoms with van der Waals surface area (Å²) in [6.07, 6.45) is 3.44. The molecule has 36 heavy (non-hydrogen) atoms. The van der Waals surface area contributed by atoms with Gasteiger partial charge in [0.15, 0.2) is 0 Å². The maximum atomic E-state index is 13.2. The van der Waals surface area contributed by atoms with Gasteiger partial charge >= 0.3 is 0 Å². The summed E-state index contributed by atoms with van der Waals surface area (Å²) < 4.78 is 28.0. The average molecular weight is 508 g/mol. The number of nitrogens with zero attached hydrogens (tertiary/aromatic N) is 2. The van der Waals surface area contributed by atoms with Crippen LogP contribution in [0.25, 0.3) is 10.8 Å². The molecule has 0 bridgehead atoms. The molecule has 0 radical (unpaired) electrons. The molecule has 4 rings (SSSR count). The Labute approximate surface area is 213 Å². The predicted molar refractivity (Wildman–Crippen MR) is 144 cm³/mol. The Hall–Kier alpha value is -3.23. The van der Waals surface area contributed by atoms with E-state index in [1.165, 1.54) is 12.1 Å². The Morgan fingerprint density at radius 1 is 0.917 bits per heavy atom. The number of rotatable bonds is 11. The molecule has 1 aliphatic rings. The largest absolute Gasteiger partial charge is 0.321 e. The molecule has 1 heterocycles. The van der Waals surface area contributed by atoms with Crippen LogP contribution in [-0.2, 0) is 10.0 Å². The number of anilines is 2. The highest BCUT2D eigenvalue weighted by molar-refractivity contribution is 7.89.